The number of rotatable bonds is 3. The number of hydrogen-bond acceptors (Lipinski definition) is 5. The van der Waals surface area contributed by atoms with Crippen LogP contribution in [-0.2, 0) is 4.74 Å². The Morgan fingerprint density at radius 1 is 1.13 bits per heavy atom. The largest absolute Gasteiger partial charge is 0.378 e. The van der Waals surface area contributed by atoms with Gasteiger partial charge in [0.05, 0.1) is 25.6 Å². The summed E-state index contributed by atoms with van der Waals surface area (Å²) in [5, 5.41) is 2.85. The van der Waals surface area contributed by atoms with Crippen LogP contribution in [0.2, 0.25) is 0 Å². The summed E-state index contributed by atoms with van der Waals surface area (Å²) >= 11 is 0. The molecule has 1 aliphatic rings. The predicted octanol–water partition coefficient (Wildman–Crippen LogP) is 2.18. The van der Waals surface area contributed by atoms with E-state index in [0.717, 1.165) is 30.2 Å². The average molecular weight is 312 g/mol. The molecule has 120 valence electrons. The molecule has 3 rings (SSSR count). The van der Waals surface area contributed by atoms with Gasteiger partial charge in [0.2, 0.25) is 0 Å². The molecule has 1 aromatic carbocycles. The van der Waals surface area contributed by atoms with E-state index in [2.05, 4.69) is 20.2 Å². The van der Waals surface area contributed by atoms with Crippen molar-refractivity contribution in [3.8, 4) is 0 Å². The molecule has 1 aliphatic heterocycles. The Labute approximate surface area is 135 Å². The zero-order valence-corrected chi connectivity index (χ0v) is 13.4. The Balaban J connectivity index is 1.68. The standard InChI is InChI=1S/C17H20N4O2/c1-12-3-4-14(9-13(12)2)20-17(22)15-10-19-16(11-18-15)21-5-7-23-8-6-21/h3-4,9-11H,5-8H2,1-2H3,(H,20,22). The second-order valence-corrected chi connectivity index (χ2v) is 5.61. The maximum atomic E-state index is 12.3. The van der Waals surface area contributed by atoms with Crippen molar-refractivity contribution in [2.45, 2.75) is 13.8 Å². The minimum absolute atomic E-state index is 0.255. The van der Waals surface area contributed by atoms with Crippen molar-refractivity contribution in [3.05, 3.63) is 47.4 Å². The maximum absolute atomic E-state index is 12.3. The van der Waals surface area contributed by atoms with Crippen LogP contribution < -0.4 is 10.2 Å². The first-order valence-electron chi connectivity index (χ1n) is 7.67. The zero-order valence-electron chi connectivity index (χ0n) is 13.4. The normalized spacial score (nSPS) is 14.6. The molecule has 0 aliphatic carbocycles. The third-order valence-electron chi connectivity index (χ3n) is 3.97. The molecule has 0 atom stereocenters. The number of morpholine rings is 1. The highest BCUT2D eigenvalue weighted by molar-refractivity contribution is 6.02. The van der Waals surface area contributed by atoms with E-state index in [1.165, 1.54) is 11.8 Å². The van der Waals surface area contributed by atoms with E-state index in [-0.39, 0.29) is 5.91 Å². The lowest BCUT2D eigenvalue weighted by Gasteiger charge is -2.27. The molecule has 0 spiro atoms. The van der Waals surface area contributed by atoms with Crippen LogP contribution in [0.15, 0.2) is 30.6 Å². The lowest BCUT2D eigenvalue weighted by Crippen LogP contribution is -2.36. The first-order chi connectivity index (χ1) is 11.1. The summed E-state index contributed by atoms with van der Waals surface area (Å²) in [4.78, 5) is 22.9. The number of amides is 1. The number of nitrogens with one attached hydrogen (secondary N) is 1. The van der Waals surface area contributed by atoms with Crippen LogP contribution in [-0.4, -0.2) is 42.2 Å². The quantitative estimate of drug-likeness (QED) is 0.941. The Morgan fingerprint density at radius 3 is 2.57 bits per heavy atom. The van der Waals surface area contributed by atoms with E-state index in [0.29, 0.717) is 18.9 Å². The van der Waals surface area contributed by atoms with Gasteiger partial charge in [-0.1, -0.05) is 6.07 Å². The Morgan fingerprint density at radius 2 is 1.91 bits per heavy atom. The number of anilines is 2. The van der Waals surface area contributed by atoms with Gasteiger partial charge in [-0.3, -0.25) is 4.79 Å². The Hall–Kier alpha value is -2.47. The number of nitrogens with zero attached hydrogens (tertiary/aromatic N) is 3. The summed E-state index contributed by atoms with van der Waals surface area (Å²) in [5.41, 5.74) is 3.39. The van der Waals surface area contributed by atoms with E-state index in [4.69, 9.17) is 4.74 Å². The molecule has 2 aromatic rings. The van der Waals surface area contributed by atoms with Gasteiger partial charge in [-0.15, -0.1) is 0 Å². The molecule has 0 radical (unpaired) electrons. The second kappa shape index (κ2) is 6.75. The highest BCUT2D eigenvalue weighted by Crippen LogP contribution is 2.15. The fourth-order valence-electron chi connectivity index (χ4n) is 2.41. The summed E-state index contributed by atoms with van der Waals surface area (Å²) in [6, 6.07) is 5.82. The molecule has 1 amide bonds. The minimum Gasteiger partial charge on any atom is -0.378 e. The van der Waals surface area contributed by atoms with Gasteiger partial charge >= 0.3 is 0 Å². The molecule has 0 unspecified atom stereocenters. The smallest absolute Gasteiger partial charge is 0.275 e. The van der Waals surface area contributed by atoms with Crippen LogP contribution in [0.1, 0.15) is 21.6 Å². The summed E-state index contributed by atoms with van der Waals surface area (Å²) in [6.45, 7) is 7.03. The fourth-order valence-corrected chi connectivity index (χ4v) is 2.41. The number of aryl methyl sites for hydroxylation is 2. The molecule has 1 N–H and O–H groups in total. The van der Waals surface area contributed by atoms with E-state index >= 15 is 0 Å². The summed E-state index contributed by atoms with van der Waals surface area (Å²) in [6.07, 6.45) is 3.15. The van der Waals surface area contributed by atoms with Gasteiger partial charge < -0.3 is 15.0 Å². The van der Waals surface area contributed by atoms with Crippen molar-refractivity contribution < 1.29 is 9.53 Å². The zero-order chi connectivity index (χ0) is 16.2. The van der Waals surface area contributed by atoms with Gasteiger partial charge in [-0.25, -0.2) is 9.97 Å². The number of aromatic nitrogens is 2. The van der Waals surface area contributed by atoms with Crippen LogP contribution in [0.25, 0.3) is 0 Å². The molecule has 1 saturated heterocycles. The average Bonchev–Trinajstić information content (AvgIpc) is 2.59. The molecule has 2 heterocycles. The lowest BCUT2D eigenvalue weighted by atomic mass is 10.1. The molecule has 1 fully saturated rings. The minimum atomic E-state index is -0.255. The highest BCUT2D eigenvalue weighted by atomic mass is 16.5. The van der Waals surface area contributed by atoms with Crippen LogP contribution in [0, 0.1) is 13.8 Å². The van der Waals surface area contributed by atoms with E-state index in [1.807, 2.05) is 32.0 Å². The van der Waals surface area contributed by atoms with Crippen molar-refractivity contribution in [1.29, 1.82) is 0 Å². The summed E-state index contributed by atoms with van der Waals surface area (Å²) in [5.74, 6) is 0.519. The van der Waals surface area contributed by atoms with Crippen molar-refractivity contribution in [2.75, 3.05) is 36.5 Å². The monoisotopic (exact) mass is 312 g/mol. The van der Waals surface area contributed by atoms with Gasteiger partial charge in [-0.05, 0) is 37.1 Å². The number of hydrogen-bond donors (Lipinski definition) is 1. The molecule has 6 nitrogen and oxygen atoms in total. The molecular weight excluding hydrogens is 292 g/mol. The van der Waals surface area contributed by atoms with E-state index in [1.54, 1.807) is 6.20 Å². The van der Waals surface area contributed by atoms with Gasteiger partial charge in [0, 0.05) is 18.8 Å². The van der Waals surface area contributed by atoms with Gasteiger partial charge in [-0.2, -0.15) is 0 Å². The highest BCUT2D eigenvalue weighted by Gasteiger charge is 2.14. The summed E-state index contributed by atoms with van der Waals surface area (Å²) < 4.78 is 5.31. The molecule has 6 heteroatoms. The SMILES string of the molecule is Cc1ccc(NC(=O)c2cnc(N3CCOCC3)cn2)cc1C. The molecule has 0 bridgehead atoms. The van der Waals surface area contributed by atoms with E-state index in [9.17, 15) is 4.79 Å². The van der Waals surface area contributed by atoms with Crippen molar-refractivity contribution in [2.24, 2.45) is 0 Å². The van der Waals surface area contributed by atoms with Crippen molar-refractivity contribution >= 4 is 17.4 Å². The molecule has 0 saturated carbocycles. The van der Waals surface area contributed by atoms with Crippen LogP contribution in [0.5, 0.6) is 0 Å². The number of benzene rings is 1. The third-order valence-corrected chi connectivity index (χ3v) is 3.97. The topological polar surface area (TPSA) is 67.4 Å². The number of carbonyl (C=O) groups is 1. The van der Waals surface area contributed by atoms with Crippen molar-refractivity contribution in [3.63, 3.8) is 0 Å². The first kappa shape index (κ1) is 15.4. The van der Waals surface area contributed by atoms with Crippen molar-refractivity contribution in [1.82, 2.24) is 9.97 Å². The van der Waals surface area contributed by atoms with E-state index < -0.39 is 0 Å². The predicted molar refractivity (Wildman–Crippen MR) is 88.9 cm³/mol. The Kier molecular flexibility index (Phi) is 4.52. The van der Waals surface area contributed by atoms with Gasteiger partial charge in [0.25, 0.3) is 5.91 Å². The third kappa shape index (κ3) is 3.65. The number of ether oxygens (including phenoxy) is 1. The fraction of sp³-hybridized carbons (Fsp3) is 0.353. The summed E-state index contributed by atoms with van der Waals surface area (Å²) in [7, 11) is 0. The molecular formula is C17H20N4O2. The Bertz CT molecular complexity index is 694. The molecule has 1 aromatic heterocycles. The van der Waals surface area contributed by atoms with Gasteiger partial charge in [0.15, 0.2) is 0 Å². The number of carbonyl (C=O) groups excluding carboxylic acids is 1. The molecule has 23 heavy (non-hydrogen) atoms. The van der Waals surface area contributed by atoms with Crippen LogP contribution >= 0.6 is 0 Å². The maximum Gasteiger partial charge on any atom is 0.275 e. The first-order valence-corrected chi connectivity index (χ1v) is 7.67. The van der Waals surface area contributed by atoms with Crippen LogP contribution in [0.3, 0.4) is 0 Å². The lowest BCUT2D eigenvalue weighted by molar-refractivity contribution is 0.102. The second-order valence-electron chi connectivity index (χ2n) is 5.61. The van der Waals surface area contributed by atoms with Crippen LogP contribution in [0.4, 0.5) is 11.5 Å². The van der Waals surface area contributed by atoms with Gasteiger partial charge in [0.1, 0.15) is 11.5 Å².